The Kier molecular flexibility index (Phi) is 6.56. The van der Waals surface area contributed by atoms with Crippen molar-refractivity contribution in [2.24, 2.45) is 7.05 Å². The average molecular weight is 560 g/mol. The lowest BCUT2D eigenvalue weighted by Gasteiger charge is -2.41. The lowest BCUT2D eigenvalue weighted by Crippen LogP contribution is -2.50. The Balaban J connectivity index is 1.32. The Labute approximate surface area is 238 Å². The molecule has 2 aliphatic rings. The Hall–Kier alpha value is -3.92. The van der Waals surface area contributed by atoms with E-state index in [1.165, 1.54) is 0 Å². The molecule has 4 heterocycles. The van der Waals surface area contributed by atoms with Crippen LogP contribution in [0, 0.1) is 6.92 Å². The van der Waals surface area contributed by atoms with Crippen LogP contribution >= 0.6 is 0 Å². The van der Waals surface area contributed by atoms with E-state index in [0.29, 0.717) is 35.3 Å². The van der Waals surface area contributed by atoms with E-state index in [-0.39, 0.29) is 30.0 Å². The summed E-state index contributed by atoms with van der Waals surface area (Å²) < 4.78 is 20.5. The van der Waals surface area contributed by atoms with Crippen molar-refractivity contribution in [2.75, 3.05) is 20.4 Å². The molecule has 10 nitrogen and oxygen atoms in total. The number of hydrogen-bond acceptors (Lipinski definition) is 7. The van der Waals surface area contributed by atoms with Crippen LogP contribution in [-0.2, 0) is 16.5 Å². The summed E-state index contributed by atoms with van der Waals surface area (Å²) in [5, 5.41) is 6.12. The molecule has 1 aliphatic carbocycles. The molecule has 1 saturated heterocycles. The van der Waals surface area contributed by atoms with Gasteiger partial charge in [0.05, 0.1) is 22.1 Å². The van der Waals surface area contributed by atoms with E-state index in [1.54, 1.807) is 11.8 Å². The quantitative estimate of drug-likeness (QED) is 0.304. The summed E-state index contributed by atoms with van der Waals surface area (Å²) >= 11 is 0. The second-order valence-corrected chi connectivity index (χ2v) is 12.3. The van der Waals surface area contributed by atoms with Gasteiger partial charge >= 0.3 is 6.09 Å². The molecule has 10 heteroatoms. The van der Waals surface area contributed by atoms with Crippen LogP contribution in [0.3, 0.4) is 0 Å². The van der Waals surface area contributed by atoms with Crippen molar-refractivity contribution < 1.29 is 19.0 Å². The van der Waals surface area contributed by atoms with E-state index in [2.05, 4.69) is 5.10 Å². The molecule has 0 N–H and O–H groups in total. The van der Waals surface area contributed by atoms with Crippen molar-refractivity contribution in [1.82, 2.24) is 24.2 Å². The molecule has 1 spiro atoms. The molecule has 0 bridgehead atoms. The number of amides is 1. The number of nitrogens with zero attached hydrogens (tertiary/aromatic N) is 5. The van der Waals surface area contributed by atoms with Gasteiger partial charge in [0.1, 0.15) is 11.4 Å². The van der Waals surface area contributed by atoms with E-state index < -0.39 is 5.60 Å². The molecule has 1 aliphatic heterocycles. The molecule has 216 valence electrons. The molecular weight excluding hydrogens is 522 g/mol. The van der Waals surface area contributed by atoms with Gasteiger partial charge in [0.15, 0.2) is 6.79 Å². The maximum atomic E-state index is 13.7. The third-order valence-corrected chi connectivity index (χ3v) is 8.19. The summed E-state index contributed by atoms with van der Waals surface area (Å²) in [6.07, 6.45) is 6.87. The number of methoxy groups -OCH3 is 1. The topological polar surface area (TPSA) is 101 Å². The Morgan fingerprint density at radius 3 is 2.68 bits per heavy atom. The van der Waals surface area contributed by atoms with Gasteiger partial charge in [-0.25, -0.2) is 9.78 Å². The molecule has 4 aromatic rings. The van der Waals surface area contributed by atoms with E-state index >= 15 is 0 Å². The zero-order valence-electron chi connectivity index (χ0n) is 24.6. The zero-order chi connectivity index (χ0) is 29.1. The molecule has 1 amide bonds. The largest absolute Gasteiger partial charge is 0.466 e. The van der Waals surface area contributed by atoms with Crippen molar-refractivity contribution in [3.63, 3.8) is 0 Å². The van der Waals surface area contributed by atoms with E-state index in [4.69, 9.17) is 19.2 Å². The fourth-order valence-electron chi connectivity index (χ4n) is 6.13. The highest BCUT2D eigenvalue weighted by molar-refractivity contribution is 5.92. The fourth-order valence-corrected chi connectivity index (χ4v) is 6.13. The van der Waals surface area contributed by atoms with Gasteiger partial charge in [-0.05, 0) is 77.6 Å². The maximum Gasteiger partial charge on any atom is 0.410 e. The molecule has 0 radical (unpaired) electrons. The highest BCUT2D eigenvalue weighted by atomic mass is 16.7. The third-order valence-electron chi connectivity index (χ3n) is 8.19. The predicted octanol–water partition coefficient (Wildman–Crippen LogP) is 5.35. The molecule has 41 heavy (non-hydrogen) atoms. The number of aryl methyl sites for hydroxylation is 2. The highest BCUT2D eigenvalue weighted by Gasteiger charge is 2.54. The van der Waals surface area contributed by atoms with E-state index in [9.17, 15) is 9.59 Å². The van der Waals surface area contributed by atoms with Crippen LogP contribution in [0.4, 0.5) is 4.79 Å². The fraction of sp³-hybridized carbons (Fsp3) is 0.484. The number of hydrogen-bond donors (Lipinski definition) is 0. The van der Waals surface area contributed by atoms with Crippen molar-refractivity contribution in [2.45, 2.75) is 70.6 Å². The maximum absolute atomic E-state index is 13.7. The summed E-state index contributed by atoms with van der Waals surface area (Å²) in [5.41, 5.74) is 3.08. The van der Waals surface area contributed by atoms with Gasteiger partial charge < -0.3 is 23.7 Å². The van der Waals surface area contributed by atoms with Crippen LogP contribution in [0.5, 0.6) is 5.75 Å². The molecule has 6 rings (SSSR count). The predicted molar refractivity (Wildman–Crippen MR) is 156 cm³/mol. The monoisotopic (exact) mass is 559 g/mol. The summed E-state index contributed by atoms with van der Waals surface area (Å²) in [4.78, 5) is 33.4. The first-order valence-corrected chi connectivity index (χ1v) is 14.1. The van der Waals surface area contributed by atoms with Gasteiger partial charge in [-0.3, -0.25) is 9.48 Å². The van der Waals surface area contributed by atoms with Crippen LogP contribution < -0.4 is 10.3 Å². The molecule has 1 atom stereocenters. The third kappa shape index (κ3) is 4.94. The molecule has 3 aromatic heterocycles. The van der Waals surface area contributed by atoms with Gasteiger partial charge in [0.25, 0.3) is 5.56 Å². The first kappa shape index (κ1) is 27.3. The number of pyridine rings is 2. The zero-order valence-corrected chi connectivity index (χ0v) is 24.6. The van der Waals surface area contributed by atoms with Gasteiger partial charge in [0.2, 0.25) is 0 Å². The number of carbonyl (C=O) groups is 1. The van der Waals surface area contributed by atoms with Gasteiger partial charge in [-0.1, -0.05) is 0 Å². The minimum absolute atomic E-state index is 0.0115. The molecule has 0 unspecified atom stereocenters. The van der Waals surface area contributed by atoms with Crippen molar-refractivity contribution in [3.8, 4) is 17.0 Å². The van der Waals surface area contributed by atoms with Crippen LogP contribution in [0.25, 0.3) is 33.1 Å². The second kappa shape index (κ2) is 9.87. The average Bonchev–Trinajstić information content (AvgIpc) is 3.56. The first-order chi connectivity index (χ1) is 19.5. The summed E-state index contributed by atoms with van der Waals surface area (Å²) in [6.45, 7) is 8.30. The standard InChI is InChI=1S/C31H37N5O5/c1-19-26-20(17-34(5)33-26)15-23(27(19)40-18-39-6)24-8-7-22-25(32-24)10-13-35(28(22)37)21-9-14-36(31(16-21)11-12-31)29(38)41-30(2,3)4/h7-8,10,13,15,17,21H,9,11-12,14,16,18H2,1-6H3/t21-/m1/s1. The summed E-state index contributed by atoms with van der Waals surface area (Å²) in [5.74, 6) is 0.657. The summed E-state index contributed by atoms with van der Waals surface area (Å²) in [7, 11) is 3.47. The number of carbonyl (C=O) groups excluding carboxylic acids is 1. The number of aromatic nitrogens is 4. The van der Waals surface area contributed by atoms with Gasteiger partial charge in [0, 0.05) is 61.2 Å². The van der Waals surface area contributed by atoms with Gasteiger partial charge in [-0.15, -0.1) is 0 Å². The smallest absolute Gasteiger partial charge is 0.410 e. The molecule has 1 aromatic carbocycles. The summed E-state index contributed by atoms with van der Waals surface area (Å²) in [6, 6.07) is 7.66. The number of rotatable bonds is 5. The molecule has 2 fully saturated rings. The number of fused-ring (bicyclic) bond motifs is 2. The minimum Gasteiger partial charge on any atom is -0.466 e. The first-order valence-electron chi connectivity index (χ1n) is 14.1. The number of likely N-dealkylation sites (tertiary alicyclic amines) is 1. The number of benzene rings is 1. The van der Waals surface area contributed by atoms with Crippen LogP contribution in [0.15, 0.2) is 41.5 Å². The molecular formula is C31H37N5O5. The normalized spacial score (nSPS) is 18.3. The minimum atomic E-state index is -0.537. The second-order valence-electron chi connectivity index (χ2n) is 12.3. The van der Waals surface area contributed by atoms with Gasteiger partial charge in [-0.2, -0.15) is 5.10 Å². The lowest BCUT2D eigenvalue weighted by molar-refractivity contribution is 0.000493. The van der Waals surface area contributed by atoms with E-state index in [0.717, 1.165) is 41.3 Å². The van der Waals surface area contributed by atoms with Crippen LogP contribution in [-0.4, -0.2) is 61.9 Å². The van der Waals surface area contributed by atoms with Crippen LogP contribution in [0.2, 0.25) is 0 Å². The SMILES string of the molecule is COCOc1c(-c2ccc3c(=O)n([C@@H]4CCN(C(=O)OC(C)(C)C)C5(CC5)C4)ccc3n2)cc2cn(C)nc2c1C. The lowest BCUT2D eigenvalue weighted by atomic mass is 9.94. The molecule has 1 saturated carbocycles. The van der Waals surface area contributed by atoms with Crippen molar-refractivity contribution >= 4 is 27.9 Å². The highest BCUT2D eigenvalue weighted by Crippen LogP contribution is 2.51. The van der Waals surface area contributed by atoms with Crippen molar-refractivity contribution in [1.29, 1.82) is 0 Å². The Bertz CT molecular complexity index is 1710. The van der Waals surface area contributed by atoms with E-state index in [1.807, 2.05) is 80.9 Å². The van der Waals surface area contributed by atoms with Crippen molar-refractivity contribution in [3.05, 3.63) is 52.6 Å². The van der Waals surface area contributed by atoms with Crippen LogP contribution in [0.1, 0.15) is 58.1 Å². The number of ether oxygens (including phenoxy) is 3. The Morgan fingerprint density at radius 2 is 1.98 bits per heavy atom. The number of piperidine rings is 1. The Morgan fingerprint density at radius 1 is 1.20 bits per heavy atom.